The zero-order valence-corrected chi connectivity index (χ0v) is 13.8. The number of rotatable bonds is 4. The average Bonchev–Trinajstić information content (AvgIpc) is 2.92. The van der Waals surface area contributed by atoms with Gasteiger partial charge in [0.2, 0.25) is 0 Å². The van der Waals surface area contributed by atoms with E-state index in [1.54, 1.807) is 0 Å². The molecule has 0 aliphatic rings. The number of fused-ring (bicyclic) bond motifs is 1. The lowest BCUT2D eigenvalue weighted by molar-refractivity contribution is 0.102. The first-order chi connectivity index (χ1) is 11.2. The molecule has 0 saturated heterocycles. The van der Waals surface area contributed by atoms with Crippen LogP contribution in [0.3, 0.4) is 0 Å². The molecule has 23 heavy (non-hydrogen) atoms. The maximum Gasteiger partial charge on any atom is 0.276 e. The molecule has 2 aromatic heterocycles. The van der Waals surface area contributed by atoms with Crippen molar-refractivity contribution in [3.05, 3.63) is 65.2 Å². The fraction of sp³-hybridized carbons (Fsp3) is 0.263. The summed E-state index contributed by atoms with van der Waals surface area (Å²) < 4.78 is 1.93. The van der Waals surface area contributed by atoms with Crippen LogP contribution in [0.15, 0.2) is 42.6 Å². The zero-order chi connectivity index (χ0) is 16.4. The van der Waals surface area contributed by atoms with Crippen LogP contribution >= 0.6 is 0 Å². The molecule has 3 rings (SSSR count). The topological polar surface area (TPSA) is 46.4 Å². The molecular weight excluding hydrogens is 286 g/mol. The predicted octanol–water partition coefficient (Wildman–Crippen LogP) is 4.02. The quantitative estimate of drug-likeness (QED) is 0.791. The number of aromatic nitrogens is 2. The Labute approximate surface area is 136 Å². The van der Waals surface area contributed by atoms with Crippen molar-refractivity contribution in [2.24, 2.45) is 0 Å². The highest BCUT2D eigenvalue weighted by atomic mass is 16.1. The molecular formula is C19H21N3O. The average molecular weight is 307 g/mol. The smallest absolute Gasteiger partial charge is 0.276 e. The third kappa shape index (κ3) is 2.72. The van der Waals surface area contributed by atoms with Gasteiger partial charge in [-0.3, -0.25) is 4.79 Å². The molecule has 0 saturated carbocycles. The van der Waals surface area contributed by atoms with E-state index in [0.29, 0.717) is 5.69 Å². The minimum absolute atomic E-state index is 0.155. The van der Waals surface area contributed by atoms with E-state index in [1.165, 1.54) is 0 Å². The first kappa shape index (κ1) is 15.3. The third-order valence-corrected chi connectivity index (χ3v) is 4.18. The molecule has 1 amide bonds. The van der Waals surface area contributed by atoms with Crippen molar-refractivity contribution in [2.45, 2.75) is 33.6 Å². The van der Waals surface area contributed by atoms with Crippen molar-refractivity contribution < 1.29 is 4.79 Å². The first-order valence-corrected chi connectivity index (χ1v) is 8.01. The second-order valence-electron chi connectivity index (χ2n) is 5.58. The van der Waals surface area contributed by atoms with Gasteiger partial charge in [-0.05, 0) is 43.0 Å². The summed E-state index contributed by atoms with van der Waals surface area (Å²) in [4.78, 5) is 17.2. The number of hydrogen-bond acceptors (Lipinski definition) is 2. The summed E-state index contributed by atoms with van der Waals surface area (Å²) in [6.07, 6.45) is 3.69. The molecule has 3 aromatic rings. The Morgan fingerprint density at radius 1 is 1.09 bits per heavy atom. The monoisotopic (exact) mass is 307 g/mol. The van der Waals surface area contributed by atoms with Gasteiger partial charge in [0.15, 0.2) is 5.69 Å². The van der Waals surface area contributed by atoms with E-state index in [1.807, 2.05) is 41.8 Å². The van der Waals surface area contributed by atoms with Gasteiger partial charge in [-0.2, -0.15) is 0 Å². The molecule has 4 heteroatoms. The first-order valence-electron chi connectivity index (χ1n) is 8.01. The van der Waals surface area contributed by atoms with Crippen LogP contribution in [0.2, 0.25) is 0 Å². The molecule has 0 radical (unpaired) electrons. The Balaban J connectivity index is 2.02. The fourth-order valence-corrected chi connectivity index (χ4v) is 2.93. The number of carbonyl (C=O) groups excluding carboxylic acids is 1. The molecule has 1 aromatic carbocycles. The maximum atomic E-state index is 12.8. The van der Waals surface area contributed by atoms with Crippen molar-refractivity contribution in [3.8, 4) is 0 Å². The van der Waals surface area contributed by atoms with Crippen LogP contribution in [0.4, 0.5) is 5.69 Å². The summed E-state index contributed by atoms with van der Waals surface area (Å²) in [5.74, 6) is 0.655. The molecule has 0 unspecified atom stereocenters. The standard InChI is InChI=1S/C19H21N3O/c1-4-14-9-8-10-15(5-2)17(14)21-19(23)18-16-11-6-7-12-22(16)13(3)20-18/h6-12H,4-5H2,1-3H3,(H,21,23). The van der Waals surface area contributed by atoms with Crippen LogP contribution < -0.4 is 5.32 Å². The van der Waals surface area contributed by atoms with Gasteiger partial charge in [-0.25, -0.2) is 4.98 Å². The van der Waals surface area contributed by atoms with E-state index in [-0.39, 0.29) is 5.91 Å². The summed E-state index contributed by atoms with van der Waals surface area (Å²) in [5.41, 5.74) is 4.53. The van der Waals surface area contributed by atoms with E-state index < -0.39 is 0 Å². The minimum atomic E-state index is -0.155. The molecule has 4 nitrogen and oxygen atoms in total. The molecule has 0 aliphatic carbocycles. The lowest BCUT2D eigenvalue weighted by atomic mass is 10.0. The molecule has 0 fully saturated rings. The van der Waals surface area contributed by atoms with Crippen molar-refractivity contribution >= 4 is 17.1 Å². The normalized spacial score (nSPS) is 10.9. The SMILES string of the molecule is CCc1cccc(CC)c1NC(=O)c1nc(C)n2ccccc12. The number of anilines is 1. The van der Waals surface area contributed by atoms with E-state index in [9.17, 15) is 4.79 Å². The van der Waals surface area contributed by atoms with Crippen molar-refractivity contribution in [1.29, 1.82) is 0 Å². The second kappa shape index (κ2) is 6.24. The summed E-state index contributed by atoms with van der Waals surface area (Å²) in [6, 6.07) is 11.9. The van der Waals surface area contributed by atoms with Crippen LogP contribution in [-0.2, 0) is 12.8 Å². The van der Waals surface area contributed by atoms with Crippen LogP contribution in [0.1, 0.15) is 41.3 Å². The number of hydrogen-bond donors (Lipinski definition) is 1. The Bertz CT molecular complexity index is 842. The Morgan fingerprint density at radius 2 is 1.78 bits per heavy atom. The van der Waals surface area contributed by atoms with Gasteiger partial charge in [0.25, 0.3) is 5.91 Å². The maximum absolute atomic E-state index is 12.8. The van der Waals surface area contributed by atoms with Crippen LogP contribution in [0.5, 0.6) is 0 Å². The van der Waals surface area contributed by atoms with Crippen LogP contribution in [0, 0.1) is 6.92 Å². The van der Waals surface area contributed by atoms with E-state index in [4.69, 9.17) is 0 Å². The highest BCUT2D eigenvalue weighted by Crippen LogP contribution is 2.24. The fourth-order valence-electron chi connectivity index (χ4n) is 2.93. The van der Waals surface area contributed by atoms with Gasteiger partial charge in [0, 0.05) is 11.9 Å². The summed E-state index contributed by atoms with van der Waals surface area (Å²) in [7, 11) is 0. The number of para-hydroxylation sites is 1. The van der Waals surface area contributed by atoms with E-state index >= 15 is 0 Å². The van der Waals surface area contributed by atoms with Crippen LogP contribution in [0.25, 0.3) is 5.52 Å². The third-order valence-electron chi connectivity index (χ3n) is 4.18. The number of nitrogens with zero attached hydrogens (tertiary/aromatic N) is 2. The van der Waals surface area contributed by atoms with Gasteiger partial charge in [0.1, 0.15) is 5.82 Å². The highest BCUT2D eigenvalue weighted by molar-refractivity contribution is 6.08. The number of benzene rings is 1. The summed E-state index contributed by atoms with van der Waals surface area (Å²) in [6.45, 7) is 6.10. The summed E-state index contributed by atoms with van der Waals surface area (Å²) >= 11 is 0. The molecule has 0 atom stereocenters. The number of nitrogens with one attached hydrogen (secondary N) is 1. The molecule has 0 bridgehead atoms. The number of pyridine rings is 1. The second-order valence-corrected chi connectivity index (χ2v) is 5.58. The highest BCUT2D eigenvalue weighted by Gasteiger charge is 2.17. The summed E-state index contributed by atoms with van der Waals surface area (Å²) in [5, 5.41) is 3.09. The number of amides is 1. The molecule has 2 heterocycles. The van der Waals surface area contributed by atoms with Crippen molar-refractivity contribution in [2.75, 3.05) is 5.32 Å². The minimum Gasteiger partial charge on any atom is -0.320 e. The largest absolute Gasteiger partial charge is 0.320 e. The molecule has 0 spiro atoms. The van der Waals surface area contributed by atoms with Gasteiger partial charge in [-0.15, -0.1) is 0 Å². The lowest BCUT2D eigenvalue weighted by Crippen LogP contribution is -2.15. The van der Waals surface area contributed by atoms with Gasteiger partial charge in [-0.1, -0.05) is 38.1 Å². The predicted molar refractivity (Wildman–Crippen MR) is 93.1 cm³/mol. The Morgan fingerprint density at radius 3 is 2.43 bits per heavy atom. The number of carbonyl (C=O) groups is 1. The Hall–Kier alpha value is -2.62. The van der Waals surface area contributed by atoms with E-state index in [0.717, 1.165) is 41.0 Å². The number of imidazole rings is 1. The van der Waals surface area contributed by atoms with Crippen molar-refractivity contribution in [3.63, 3.8) is 0 Å². The van der Waals surface area contributed by atoms with Gasteiger partial charge < -0.3 is 9.72 Å². The Kier molecular flexibility index (Phi) is 4.15. The van der Waals surface area contributed by atoms with Crippen molar-refractivity contribution in [1.82, 2.24) is 9.38 Å². The molecule has 0 aliphatic heterocycles. The van der Waals surface area contributed by atoms with Gasteiger partial charge in [0.05, 0.1) is 5.52 Å². The van der Waals surface area contributed by atoms with E-state index in [2.05, 4.69) is 36.3 Å². The van der Waals surface area contributed by atoms with Crippen LogP contribution in [-0.4, -0.2) is 15.3 Å². The molecule has 118 valence electrons. The zero-order valence-electron chi connectivity index (χ0n) is 13.8. The molecule has 1 N–H and O–H groups in total. The van der Waals surface area contributed by atoms with Gasteiger partial charge >= 0.3 is 0 Å². The number of aryl methyl sites for hydroxylation is 3. The lowest BCUT2D eigenvalue weighted by Gasteiger charge is -2.13.